The Morgan fingerprint density at radius 2 is 2.10 bits per heavy atom. The van der Waals surface area contributed by atoms with Crippen molar-refractivity contribution < 1.29 is 14.7 Å². The van der Waals surface area contributed by atoms with Crippen LogP contribution in [0, 0.1) is 0 Å². The monoisotopic (exact) mass is 279 g/mol. The summed E-state index contributed by atoms with van der Waals surface area (Å²) in [5.74, 6) is -0.923. The number of nitrogens with one attached hydrogen (secondary N) is 3. The molecule has 0 fully saturated rings. The van der Waals surface area contributed by atoms with Gasteiger partial charge in [0.1, 0.15) is 0 Å². The largest absolute Gasteiger partial charge is 0.481 e. The van der Waals surface area contributed by atoms with Gasteiger partial charge in [0.15, 0.2) is 0 Å². The van der Waals surface area contributed by atoms with E-state index in [0.717, 1.165) is 5.56 Å². The summed E-state index contributed by atoms with van der Waals surface area (Å²) in [5.41, 5.74) is 1.74. The molecule has 0 aliphatic carbocycles. The molecule has 0 heterocycles. The van der Waals surface area contributed by atoms with Gasteiger partial charge in [-0.2, -0.15) is 0 Å². The lowest BCUT2D eigenvalue weighted by molar-refractivity contribution is -0.137. The number of carboxylic acids is 1. The summed E-state index contributed by atoms with van der Waals surface area (Å²) < 4.78 is 0. The first-order chi connectivity index (χ1) is 9.55. The van der Waals surface area contributed by atoms with Crippen molar-refractivity contribution in [2.75, 3.05) is 12.4 Å². The number of aliphatic carboxylic acids is 1. The van der Waals surface area contributed by atoms with Gasteiger partial charge in [-0.05, 0) is 31.2 Å². The average Bonchev–Trinajstić information content (AvgIpc) is 2.38. The second-order valence-corrected chi connectivity index (χ2v) is 4.53. The maximum absolute atomic E-state index is 11.8. The molecule has 1 aromatic carbocycles. The number of carboxylic acid groups (broad SMARTS) is 1. The van der Waals surface area contributed by atoms with Gasteiger partial charge in [0, 0.05) is 18.3 Å². The van der Waals surface area contributed by atoms with E-state index >= 15 is 0 Å². The van der Waals surface area contributed by atoms with Crippen molar-refractivity contribution >= 4 is 17.7 Å². The average molecular weight is 279 g/mol. The first-order valence-electron chi connectivity index (χ1n) is 6.58. The van der Waals surface area contributed by atoms with Crippen LogP contribution in [0.2, 0.25) is 0 Å². The smallest absolute Gasteiger partial charge is 0.319 e. The fourth-order valence-corrected chi connectivity index (χ4v) is 1.82. The van der Waals surface area contributed by atoms with E-state index in [1.54, 1.807) is 6.07 Å². The quantitative estimate of drug-likeness (QED) is 0.612. The van der Waals surface area contributed by atoms with Gasteiger partial charge in [-0.25, -0.2) is 4.79 Å². The molecule has 0 bridgehead atoms. The molecule has 110 valence electrons. The van der Waals surface area contributed by atoms with Crippen LogP contribution >= 0.6 is 0 Å². The summed E-state index contributed by atoms with van der Waals surface area (Å²) in [6.45, 7) is 2.55. The summed E-state index contributed by atoms with van der Waals surface area (Å²) in [5, 5.41) is 17.1. The van der Waals surface area contributed by atoms with E-state index in [2.05, 4.69) is 16.0 Å². The van der Waals surface area contributed by atoms with Gasteiger partial charge in [0.05, 0.1) is 6.42 Å². The van der Waals surface area contributed by atoms with E-state index in [-0.39, 0.29) is 18.5 Å². The summed E-state index contributed by atoms with van der Waals surface area (Å²) in [6.07, 6.45) is 0.489. The number of urea groups is 1. The number of carbonyl (C=O) groups is 2. The summed E-state index contributed by atoms with van der Waals surface area (Å²) in [6, 6.07) is 6.72. The maximum Gasteiger partial charge on any atom is 0.319 e. The highest BCUT2D eigenvalue weighted by Gasteiger charge is 2.13. The van der Waals surface area contributed by atoms with E-state index in [1.165, 1.54) is 0 Å². The number of benzene rings is 1. The predicted octanol–water partition coefficient (Wildman–Crippen LogP) is 1.78. The second-order valence-electron chi connectivity index (χ2n) is 4.53. The number of hydrogen-bond acceptors (Lipinski definition) is 3. The number of carbonyl (C=O) groups excluding carboxylic acids is 1. The molecular formula is C14H21N3O3. The van der Waals surface area contributed by atoms with Gasteiger partial charge >= 0.3 is 12.0 Å². The number of anilines is 1. The summed E-state index contributed by atoms with van der Waals surface area (Å²) in [4.78, 5) is 22.4. The van der Waals surface area contributed by atoms with Crippen molar-refractivity contribution in [2.24, 2.45) is 0 Å². The lowest BCUT2D eigenvalue weighted by atomic mass is 10.1. The Morgan fingerprint density at radius 3 is 2.70 bits per heavy atom. The second kappa shape index (κ2) is 8.16. The first-order valence-corrected chi connectivity index (χ1v) is 6.58. The fourth-order valence-electron chi connectivity index (χ4n) is 1.82. The molecule has 0 aliphatic rings. The van der Waals surface area contributed by atoms with Crippen molar-refractivity contribution in [3.05, 3.63) is 29.8 Å². The van der Waals surface area contributed by atoms with E-state index in [4.69, 9.17) is 5.11 Å². The van der Waals surface area contributed by atoms with Gasteiger partial charge in [-0.15, -0.1) is 0 Å². The molecule has 1 rings (SSSR count). The van der Waals surface area contributed by atoms with Crippen LogP contribution in [0.15, 0.2) is 24.3 Å². The Kier molecular flexibility index (Phi) is 6.52. The first kappa shape index (κ1) is 16.0. The van der Waals surface area contributed by atoms with Crippen LogP contribution in [0.25, 0.3) is 0 Å². The lowest BCUT2D eigenvalue weighted by Crippen LogP contribution is -2.38. The minimum atomic E-state index is -0.923. The van der Waals surface area contributed by atoms with E-state index in [9.17, 15) is 9.59 Å². The Morgan fingerprint density at radius 1 is 1.35 bits per heavy atom. The van der Waals surface area contributed by atoms with Crippen molar-refractivity contribution in [3.63, 3.8) is 0 Å². The molecule has 1 unspecified atom stereocenters. The highest BCUT2D eigenvalue weighted by atomic mass is 16.4. The molecule has 0 saturated carbocycles. The van der Waals surface area contributed by atoms with E-state index < -0.39 is 5.97 Å². The molecule has 0 radical (unpaired) electrons. The third kappa shape index (κ3) is 5.71. The number of hydrogen-bond donors (Lipinski definition) is 4. The molecule has 4 N–H and O–H groups in total. The van der Waals surface area contributed by atoms with Gasteiger partial charge < -0.3 is 21.1 Å². The molecule has 0 spiro atoms. The third-order valence-electron chi connectivity index (χ3n) is 2.81. The molecular weight excluding hydrogens is 258 g/mol. The molecule has 2 amide bonds. The van der Waals surface area contributed by atoms with Gasteiger partial charge in [0.25, 0.3) is 0 Å². The van der Waals surface area contributed by atoms with E-state index in [0.29, 0.717) is 18.7 Å². The molecule has 6 nitrogen and oxygen atoms in total. The Bertz CT molecular complexity index is 463. The number of rotatable bonds is 7. The SMILES string of the molecule is CCC(CC(=O)O)NC(=O)Nc1cccc(CNC)c1. The van der Waals surface area contributed by atoms with Crippen LogP contribution in [0.4, 0.5) is 10.5 Å². The predicted molar refractivity (Wildman–Crippen MR) is 77.7 cm³/mol. The standard InChI is InChI=1S/C14H21N3O3/c1-3-11(8-13(18)19)16-14(20)17-12-6-4-5-10(7-12)9-15-2/h4-7,11,15H,3,8-9H2,1-2H3,(H,18,19)(H2,16,17,20). The lowest BCUT2D eigenvalue weighted by Gasteiger charge is -2.15. The summed E-state index contributed by atoms with van der Waals surface area (Å²) >= 11 is 0. The molecule has 0 saturated heterocycles. The third-order valence-corrected chi connectivity index (χ3v) is 2.81. The van der Waals surface area contributed by atoms with Crippen molar-refractivity contribution in [3.8, 4) is 0 Å². The molecule has 0 aromatic heterocycles. The van der Waals surface area contributed by atoms with Crippen LogP contribution in [0.5, 0.6) is 0 Å². The topological polar surface area (TPSA) is 90.5 Å². The van der Waals surface area contributed by atoms with E-state index in [1.807, 2.05) is 32.2 Å². The van der Waals surface area contributed by atoms with Gasteiger partial charge in [-0.1, -0.05) is 19.1 Å². The summed E-state index contributed by atoms with van der Waals surface area (Å²) in [7, 11) is 1.85. The Balaban J connectivity index is 2.56. The van der Waals surface area contributed by atoms with Crippen molar-refractivity contribution in [1.29, 1.82) is 0 Å². The normalized spacial score (nSPS) is 11.7. The highest BCUT2D eigenvalue weighted by Crippen LogP contribution is 2.10. The highest BCUT2D eigenvalue weighted by molar-refractivity contribution is 5.89. The zero-order chi connectivity index (χ0) is 15.0. The van der Waals surface area contributed by atoms with Crippen molar-refractivity contribution in [2.45, 2.75) is 32.4 Å². The van der Waals surface area contributed by atoms with Crippen molar-refractivity contribution in [1.82, 2.24) is 10.6 Å². The van der Waals surface area contributed by atoms with Crippen LogP contribution < -0.4 is 16.0 Å². The molecule has 1 atom stereocenters. The molecule has 20 heavy (non-hydrogen) atoms. The zero-order valence-corrected chi connectivity index (χ0v) is 11.8. The molecule has 0 aliphatic heterocycles. The van der Waals surface area contributed by atoms with Crippen LogP contribution in [0.1, 0.15) is 25.3 Å². The maximum atomic E-state index is 11.8. The minimum Gasteiger partial charge on any atom is -0.481 e. The Labute approximate surface area is 118 Å². The van der Waals surface area contributed by atoms with Crippen LogP contribution in [0.3, 0.4) is 0 Å². The fraction of sp³-hybridized carbons (Fsp3) is 0.429. The Hall–Kier alpha value is -2.08. The molecule has 6 heteroatoms. The molecule has 1 aromatic rings. The van der Waals surface area contributed by atoms with Gasteiger partial charge in [0.2, 0.25) is 0 Å². The van der Waals surface area contributed by atoms with Crippen LogP contribution in [-0.2, 0) is 11.3 Å². The van der Waals surface area contributed by atoms with Crippen LogP contribution in [-0.4, -0.2) is 30.2 Å². The zero-order valence-electron chi connectivity index (χ0n) is 11.8. The van der Waals surface area contributed by atoms with Gasteiger partial charge in [-0.3, -0.25) is 4.79 Å². The minimum absolute atomic E-state index is 0.0796. The number of amides is 2.